The van der Waals surface area contributed by atoms with Crippen LogP contribution in [0.15, 0.2) is 41.4 Å². The Kier molecular flexibility index (Phi) is 13.7. The molecule has 0 fully saturated rings. The van der Waals surface area contributed by atoms with Crippen molar-refractivity contribution in [1.29, 1.82) is 0 Å². The summed E-state index contributed by atoms with van der Waals surface area (Å²) in [4.78, 5) is 4.05. The first-order valence-corrected chi connectivity index (χ1v) is 6.42. The van der Waals surface area contributed by atoms with Crippen molar-refractivity contribution in [2.75, 3.05) is 12.4 Å². The van der Waals surface area contributed by atoms with Gasteiger partial charge in [-0.1, -0.05) is 33.8 Å². The number of benzene rings is 1. The monoisotopic (exact) mass is 250 g/mol. The van der Waals surface area contributed by atoms with Crippen LogP contribution in [-0.2, 0) is 0 Å². The molecule has 0 aliphatic heterocycles. The Bertz CT molecular complexity index is 340. The maximum Gasteiger partial charge on any atom is 0.124 e. The van der Waals surface area contributed by atoms with Crippen LogP contribution < -0.4 is 5.32 Å². The van der Waals surface area contributed by atoms with Gasteiger partial charge in [-0.15, -0.1) is 0 Å². The predicted octanol–water partition coefficient (Wildman–Crippen LogP) is 4.46. The van der Waals surface area contributed by atoms with Gasteiger partial charge in [-0.3, -0.25) is 4.99 Å². The summed E-state index contributed by atoms with van der Waals surface area (Å²) in [6.07, 6.45) is 3.79. The van der Waals surface area contributed by atoms with Crippen molar-refractivity contribution in [3.63, 3.8) is 0 Å². The third-order valence-corrected chi connectivity index (χ3v) is 1.71. The van der Waals surface area contributed by atoms with Crippen LogP contribution in [0.1, 0.15) is 34.6 Å². The molecule has 0 aromatic heterocycles. The van der Waals surface area contributed by atoms with Crippen molar-refractivity contribution < 1.29 is 5.11 Å². The van der Waals surface area contributed by atoms with E-state index < -0.39 is 0 Å². The van der Waals surface area contributed by atoms with E-state index in [9.17, 15) is 0 Å². The molecule has 1 rings (SSSR count). The molecule has 0 saturated heterocycles. The Morgan fingerprint density at radius 3 is 2.00 bits per heavy atom. The van der Waals surface area contributed by atoms with Crippen LogP contribution in [0.25, 0.3) is 0 Å². The summed E-state index contributed by atoms with van der Waals surface area (Å²) >= 11 is 0. The molecule has 0 aliphatic rings. The van der Waals surface area contributed by atoms with Crippen molar-refractivity contribution >= 4 is 11.5 Å². The average Bonchev–Trinajstić information content (AvgIpc) is 2.45. The van der Waals surface area contributed by atoms with E-state index >= 15 is 0 Å². The number of hydrogen-bond donors (Lipinski definition) is 2. The van der Waals surface area contributed by atoms with E-state index in [4.69, 9.17) is 5.11 Å². The number of nitrogens with zero attached hydrogens (tertiary/aromatic N) is 1. The molecule has 0 amide bonds. The first-order chi connectivity index (χ1) is 8.76. The van der Waals surface area contributed by atoms with E-state index in [0.29, 0.717) is 0 Å². The molecule has 0 atom stereocenters. The molecule has 0 radical (unpaired) electrons. The zero-order valence-corrected chi connectivity index (χ0v) is 12.4. The minimum absolute atomic E-state index is 0.261. The largest absolute Gasteiger partial charge is 0.508 e. The standard InChI is InChI=1S/C11H14N2O.2C2H6/c1-3-4-11(12-2)13-9-5-7-10(14)8-6-9;2*1-2/h3-8,14H,1-2H3,(H,12,13);2*1-2H3/b4-3-;;. The highest BCUT2D eigenvalue weighted by atomic mass is 16.3. The Morgan fingerprint density at radius 1 is 1.11 bits per heavy atom. The molecule has 102 valence electrons. The predicted molar refractivity (Wildman–Crippen MR) is 82.6 cm³/mol. The van der Waals surface area contributed by atoms with Gasteiger partial charge in [0.1, 0.15) is 11.6 Å². The molecule has 3 nitrogen and oxygen atoms in total. The molecule has 0 saturated carbocycles. The van der Waals surface area contributed by atoms with Crippen LogP contribution in [0.2, 0.25) is 0 Å². The number of aliphatic imine (C=N–C) groups is 1. The first kappa shape index (κ1) is 18.6. The van der Waals surface area contributed by atoms with E-state index in [1.807, 2.05) is 46.8 Å². The number of anilines is 1. The van der Waals surface area contributed by atoms with E-state index in [-0.39, 0.29) is 5.75 Å². The summed E-state index contributed by atoms with van der Waals surface area (Å²) in [5, 5.41) is 12.2. The second kappa shape index (κ2) is 13.3. The van der Waals surface area contributed by atoms with Crippen LogP contribution in [-0.4, -0.2) is 18.0 Å². The lowest BCUT2D eigenvalue weighted by Gasteiger charge is -2.05. The molecular weight excluding hydrogens is 224 g/mol. The summed E-state index contributed by atoms with van der Waals surface area (Å²) < 4.78 is 0. The molecule has 0 aliphatic carbocycles. The second-order valence-electron chi connectivity index (χ2n) is 2.78. The van der Waals surface area contributed by atoms with Crippen molar-refractivity contribution in [3.05, 3.63) is 36.4 Å². The van der Waals surface area contributed by atoms with Crippen LogP contribution in [0, 0.1) is 0 Å². The SMILES string of the molecule is C/C=C\C(=NC)Nc1ccc(O)cc1.CC.CC. The van der Waals surface area contributed by atoms with Gasteiger partial charge in [0.2, 0.25) is 0 Å². The van der Waals surface area contributed by atoms with Crippen molar-refractivity contribution in [2.45, 2.75) is 34.6 Å². The highest BCUT2D eigenvalue weighted by Gasteiger charge is 1.94. The average molecular weight is 250 g/mol. The molecule has 3 heteroatoms. The van der Waals surface area contributed by atoms with Gasteiger partial charge in [-0.05, 0) is 37.3 Å². The molecule has 18 heavy (non-hydrogen) atoms. The fourth-order valence-electron chi connectivity index (χ4n) is 1.02. The number of nitrogens with one attached hydrogen (secondary N) is 1. The molecule has 1 aromatic rings. The molecular formula is C15H26N2O. The van der Waals surface area contributed by atoms with Crippen LogP contribution >= 0.6 is 0 Å². The lowest BCUT2D eigenvalue weighted by atomic mass is 10.3. The Hall–Kier alpha value is -1.77. The maximum atomic E-state index is 9.08. The molecule has 0 heterocycles. The van der Waals surface area contributed by atoms with Crippen molar-refractivity contribution in [3.8, 4) is 5.75 Å². The molecule has 1 aromatic carbocycles. The minimum atomic E-state index is 0.261. The van der Waals surface area contributed by atoms with Gasteiger partial charge in [0.05, 0.1) is 0 Å². The van der Waals surface area contributed by atoms with Gasteiger partial charge in [0, 0.05) is 12.7 Å². The number of aromatic hydroxyl groups is 1. The van der Waals surface area contributed by atoms with Gasteiger partial charge in [-0.25, -0.2) is 0 Å². The maximum absolute atomic E-state index is 9.08. The summed E-state index contributed by atoms with van der Waals surface area (Å²) in [5.74, 6) is 1.05. The van der Waals surface area contributed by atoms with Gasteiger partial charge >= 0.3 is 0 Å². The van der Waals surface area contributed by atoms with Gasteiger partial charge in [-0.2, -0.15) is 0 Å². The zero-order chi connectivity index (χ0) is 14.4. The summed E-state index contributed by atoms with van der Waals surface area (Å²) in [5.41, 5.74) is 0.904. The van der Waals surface area contributed by atoms with E-state index in [1.165, 1.54) is 0 Å². The van der Waals surface area contributed by atoms with Crippen molar-refractivity contribution in [1.82, 2.24) is 0 Å². The fraction of sp³-hybridized carbons (Fsp3) is 0.400. The number of phenols is 1. The molecule has 2 N–H and O–H groups in total. The summed E-state index contributed by atoms with van der Waals surface area (Å²) in [6.45, 7) is 9.93. The van der Waals surface area contributed by atoms with E-state index in [1.54, 1.807) is 31.3 Å². The molecule has 0 bridgehead atoms. The normalized spacial score (nSPS) is 10.0. The fourth-order valence-corrected chi connectivity index (χ4v) is 1.02. The zero-order valence-electron chi connectivity index (χ0n) is 12.4. The smallest absolute Gasteiger partial charge is 0.124 e. The first-order valence-electron chi connectivity index (χ1n) is 6.42. The van der Waals surface area contributed by atoms with Gasteiger partial charge in [0.25, 0.3) is 0 Å². The number of allylic oxidation sites excluding steroid dienone is 1. The van der Waals surface area contributed by atoms with Crippen LogP contribution in [0.5, 0.6) is 5.75 Å². The second-order valence-corrected chi connectivity index (χ2v) is 2.78. The Labute approximate surface area is 111 Å². The van der Waals surface area contributed by atoms with Crippen molar-refractivity contribution in [2.24, 2.45) is 4.99 Å². The van der Waals surface area contributed by atoms with Gasteiger partial charge < -0.3 is 10.4 Å². The minimum Gasteiger partial charge on any atom is -0.508 e. The third kappa shape index (κ3) is 8.39. The van der Waals surface area contributed by atoms with E-state index in [2.05, 4.69) is 10.3 Å². The topological polar surface area (TPSA) is 44.6 Å². The van der Waals surface area contributed by atoms with Gasteiger partial charge in [0.15, 0.2) is 0 Å². The van der Waals surface area contributed by atoms with Crippen LogP contribution in [0.3, 0.4) is 0 Å². The van der Waals surface area contributed by atoms with E-state index in [0.717, 1.165) is 11.5 Å². The summed E-state index contributed by atoms with van der Waals surface area (Å²) in [6, 6.07) is 6.85. The quantitative estimate of drug-likeness (QED) is 0.462. The van der Waals surface area contributed by atoms with Crippen LogP contribution in [0.4, 0.5) is 5.69 Å². The molecule has 0 unspecified atom stereocenters. The third-order valence-electron chi connectivity index (χ3n) is 1.71. The summed E-state index contributed by atoms with van der Waals surface area (Å²) in [7, 11) is 1.72. The lowest BCUT2D eigenvalue weighted by Crippen LogP contribution is -2.08. The lowest BCUT2D eigenvalue weighted by molar-refractivity contribution is 0.475. The Balaban J connectivity index is 0. The number of phenolic OH excluding ortho intramolecular Hbond substituents is 1. The number of amidine groups is 1. The molecule has 0 spiro atoms. The highest BCUT2D eigenvalue weighted by Crippen LogP contribution is 2.13. The number of hydrogen-bond acceptors (Lipinski definition) is 2. The highest BCUT2D eigenvalue weighted by molar-refractivity contribution is 6.03. The number of rotatable bonds is 2. The Morgan fingerprint density at radius 2 is 1.61 bits per heavy atom.